The van der Waals surface area contributed by atoms with Gasteiger partial charge in [0.15, 0.2) is 0 Å². The molecule has 2 aliphatic heterocycles. The minimum Gasteiger partial charge on any atom is -0.285 e. The monoisotopic (exact) mass is 330 g/mol. The molecule has 2 aliphatic carbocycles. The SMILES string of the molecule is CN1C(=O)C2CC=C(CN3C(=O)C4CCCCC4C3=O)CC2C1=O. The predicted molar refractivity (Wildman–Crippen MR) is 84.2 cm³/mol. The lowest BCUT2D eigenvalue weighted by molar-refractivity contribution is -0.140. The fourth-order valence-electron chi connectivity index (χ4n) is 4.82. The van der Waals surface area contributed by atoms with Crippen molar-refractivity contribution in [2.24, 2.45) is 23.7 Å². The van der Waals surface area contributed by atoms with Crippen LogP contribution in [-0.4, -0.2) is 47.0 Å². The molecule has 4 unspecified atom stereocenters. The molecule has 2 heterocycles. The summed E-state index contributed by atoms with van der Waals surface area (Å²) in [4.78, 5) is 52.0. The van der Waals surface area contributed by atoms with Crippen LogP contribution in [0.1, 0.15) is 38.5 Å². The zero-order chi connectivity index (χ0) is 17.0. The lowest BCUT2D eigenvalue weighted by atomic mass is 9.81. The third kappa shape index (κ3) is 2.15. The first-order valence-corrected chi connectivity index (χ1v) is 8.83. The molecule has 0 bridgehead atoms. The second kappa shape index (κ2) is 5.53. The fourth-order valence-corrected chi connectivity index (χ4v) is 4.82. The Labute approximate surface area is 140 Å². The first-order chi connectivity index (χ1) is 11.5. The molecular formula is C18H22N2O4. The normalized spacial score (nSPS) is 36.1. The molecule has 4 amide bonds. The number of amides is 4. The topological polar surface area (TPSA) is 74.8 Å². The van der Waals surface area contributed by atoms with Gasteiger partial charge in [-0.05, 0) is 25.7 Å². The van der Waals surface area contributed by atoms with Crippen molar-refractivity contribution in [1.29, 1.82) is 0 Å². The zero-order valence-electron chi connectivity index (χ0n) is 13.9. The lowest BCUT2D eigenvalue weighted by Crippen LogP contribution is -2.35. The van der Waals surface area contributed by atoms with E-state index in [9.17, 15) is 19.2 Å². The van der Waals surface area contributed by atoms with Gasteiger partial charge in [0.2, 0.25) is 23.6 Å². The van der Waals surface area contributed by atoms with E-state index >= 15 is 0 Å². The lowest BCUT2D eigenvalue weighted by Gasteiger charge is -2.24. The van der Waals surface area contributed by atoms with Gasteiger partial charge in [-0.25, -0.2) is 0 Å². The average Bonchev–Trinajstić information content (AvgIpc) is 2.96. The number of hydrogen-bond acceptors (Lipinski definition) is 4. The first kappa shape index (κ1) is 15.5. The van der Waals surface area contributed by atoms with Crippen molar-refractivity contribution in [1.82, 2.24) is 9.80 Å². The van der Waals surface area contributed by atoms with E-state index in [0.717, 1.165) is 31.3 Å². The van der Waals surface area contributed by atoms with Gasteiger partial charge in [-0.2, -0.15) is 0 Å². The Balaban J connectivity index is 1.49. The molecule has 4 rings (SSSR count). The highest BCUT2D eigenvalue weighted by atomic mass is 16.2. The van der Waals surface area contributed by atoms with Gasteiger partial charge in [0.1, 0.15) is 0 Å². The molecule has 4 atom stereocenters. The quantitative estimate of drug-likeness (QED) is 0.561. The molecule has 0 N–H and O–H groups in total. The van der Waals surface area contributed by atoms with Gasteiger partial charge in [-0.3, -0.25) is 29.0 Å². The van der Waals surface area contributed by atoms with Gasteiger partial charge >= 0.3 is 0 Å². The summed E-state index contributed by atoms with van der Waals surface area (Å²) in [6.07, 6.45) is 6.62. The van der Waals surface area contributed by atoms with E-state index in [-0.39, 0.29) is 47.3 Å². The van der Waals surface area contributed by atoms with Crippen molar-refractivity contribution < 1.29 is 19.2 Å². The van der Waals surface area contributed by atoms with Crippen LogP contribution in [0.15, 0.2) is 11.6 Å². The third-order valence-corrected chi connectivity index (χ3v) is 6.22. The largest absolute Gasteiger partial charge is 0.285 e. The van der Waals surface area contributed by atoms with Crippen LogP contribution in [0.4, 0.5) is 0 Å². The van der Waals surface area contributed by atoms with Crippen molar-refractivity contribution in [3.8, 4) is 0 Å². The molecule has 0 radical (unpaired) electrons. The van der Waals surface area contributed by atoms with Crippen molar-refractivity contribution in [3.05, 3.63) is 11.6 Å². The first-order valence-electron chi connectivity index (χ1n) is 8.83. The van der Waals surface area contributed by atoms with Crippen LogP contribution in [0.5, 0.6) is 0 Å². The molecule has 6 nitrogen and oxygen atoms in total. The summed E-state index contributed by atoms with van der Waals surface area (Å²) < 4.78 is 0. The van der Waals surface area contributed by atoms with Crippen LogP contribution in [0.3, 0.4) is 0 Å². The Morgan fingerprint density at radius 2 is 1.46 bits per heavy atom. The average molecular weight is 330 g/mol. The van der Waals surface area contributed by atoms with Crippen molar-refractivity contribution in [3.63, 3.8) is 0 Å². The Bertz CT molecular complexity index is 644. The maximum Gasteiger partial charge on any atom is 0.233 e. The Kier molecular flexibility index (Phi) is 3.58. The molecule has 2 saturated heterocycles. The predicted octanol–water partition coefficient (Wildman–Crippen LogP) is 1.11. The maximum atomic E-state index is 12.6. The minimum absolute atomic E-state index is 0.0429. The van der Waals surface area contributed by atoms with Gasteiger partial charge in [0.25, 0.3) is 0 Å². The van der Waals surface area contributed by atoms with Gasteiger partial charge in [0, 0.05) is 13.6 Å². The molecule has 0 aromatic rings. The summed E-state index contributed by atoms with van der Waals surface area (Å²) in [5, 5.41) is 0. The van der Waals surface area contributed by atoms with E-state index in [0.29, 0.717) is 19.4 Å². The van der Waals surface area contributed by atoms with E-state index in [1.165, 1.54) is 16.8 Å². The molecule has 4 aliphatic rings. The van der Waals surface area contributed by atoms with E-state index in [1.807, 2.05) is 6.08 Å². The molecule has 6 heteroatoms. The van der Waals surface area contributed by atoms with E-state index in [4.69, 9.17) is 0 Å². The number of allylic oxidation sites excluding steroid dienone is 1. The van der Waals surface area contributed by atoms with Gasteiger partial charge in [-0.15, -0.1) is 0 Å². The van der Waals surface area contributed by atoms with Crippen molar-refractivity contribution in [2.45, 2.75) is 38.5 Å². The number of carbonyl (C=O) groups excluding carboxylic acids is 4. The number of rotatable bonds is 2. The summed E-state index contributed by atoms with van der Waals surface area (Å²) in [6.45, 7) is 0.291. The van der Waals surface area contributed by atoms with Gasteiger partial charge in [-0.1, -0.05) is 24.5 Å². The van der Waals surface area contributed by atoms with Crippen molar-refractivity contribution >= 4 is 23.6 Å². The number of hydrogen-bond donors (Lipinski definition) is 0. The summed E-state index contributed by atoms with van der Waals surface area (Å²) in [6, 6.07) is 0. The molecular weight excluding hydrogens is 308 g/mol. The highest BCUT2D eigenvalue weighted by Crippen LogP contribution is 2.41. The molecule has 24 heavy (non-hydrogen) atoms. The van der Waals surface area contributed by atoms with Gasteiger partial charge < -0.3 is 0 Å². The van der Waals surface area contributed by atoms with Crippen LogP contribution in [0.25, 0.3) is 0 Å². The smallest absolute Gasteiger partial charge is 0.233 e. The zero-order valence-corrected chi connectivity index (χ0v) is 13.9. The summed E-state index contributed by atoms with van der Waals surface area (Å²) in [5.74, 6) is -1.19. The third-order valence-electron chi connectivity index (χ3n) is 6.22. The number of carbonyl (C=O) groups is 4. The molecule has 0 aromatic heterocycles. The Morgan fingerprint density at radius 3 is 2.08 bits per heavy atom. The summed E-state index contributed by atoms with van der Waals surface area (Å²) >= 11 is 0. The van der Waals surface area contributed by atoms with Crippen LogP contribution in [0, 0.1) is 23.7 Å². The maximum absolute atomic E-state index is 12.6. The van der Waals surface area contributed by atoms with Crippen LogP contribution < -0.4 is 0 Å². The summed E-state index contributed by atoms with van der Waals surface area (Å²) in [7, 11) is 1.53. The number of fused-ring (bicyclic) bond motifs is 2. The minimum atomic E-state index is -0.322. The Hall–Kier alpha value is -1.98. The van der Waals surface area contributed by atoms with Crippen LogP contribution in [-0.2, 0) is 19.2 Å². The molecule has 0 aromatic carbocycles. The fraction of sp³-hybridized carbons (Fsp3) is 0.667. The number of nitrogens with zero attached hydrogens (tertiary/aromatic N) is 2. The highest BCUT2D eigenvalue weighted by Gasteiger charge is 2.50. The molecule has 128 valence electrons. The van der Waals surface area contributed by atoms with Gasteiger partial charge in [0.05, 0.1) is 23.7 Å². The number of likely N-dealkylation sites (tertiary alicyclic amines) is 2. The van der Waals surface area contributed by atoms with Crippen molar-refractivity contribution in [2.75, 3.05) is 13.6 Å². The number of imide groups is 2. The molecule has 1 saturated carbocycles. The second-order valence-corrected chi connectivity index (χ2v) is 7.51. The van der Waals surface area contributed by atoms with E-state index in [2.05, 4.69) is 0 Å². The summed E-state index contributed by atoms with van der Waals surface area (Å²) in [5.41, 5.74) is 0.938. The molecule has 0 spiro atoms. The second-order valence-electron chi connectivity index (χ2n) is 7.51. The highest BCUT2D eigenvalue weighted by molar-refractivity contribution is 6.06. The molecule has 3 fully saturated rings. The standard InChI is InChI=1S/C18H22N2O4/c1-19-15(21)13-7-6-10(8-14(13)16(19)22)9-20-17(23)11-4-2-3-5-12(11)18(20)24/h6,11-14H,2-5,7-9H2,1H3. The van der Waals surface area contributed by atoms with Crippen LogP contribution in [0.2, 0.25) is 0 Å². The van der Waals surface area contributed by atoms with E-state index in [1.54, 1.807) is 0 Å². The Morgan fingerprint density at radius 1 is 0.875 bits per heavy atom. The van der Waals surface area contributed by atoms with E-state index < -0.39 is 0 Å². The van der Waals surface area contributed by atoms with Crippen LogP contribution >= 0.6 is 0 Å².